The van der Waals surface area contributed by atoms with E-state index in [1.807, 2.05) is 30.3 Å². The number of benzene rings is 2. The number of carbonyl (C=O) groups excluding carboxylic acids is 3. The molecule has 3 amide bonds. The van der Waals surface area contributed by atoms with Crippen LogP contribution in [0, 0.1) is 0 Å². The number of aliphatic carboxylic acids is 2. The van der Waals surface area contributed by atoms with E-state index in [4.69, 9.17) is 14.6 Å². The van der Waals surface area contributed by atoms with Gasteiger partial charge in [-0.3, -0.25) is 19.2 Å². The van der Waals surface area contributed by atoms with Gasteiger partial charge in [-0.1, -0.05) is 55.8 Å². The highest BCUT2D eigenvalue weighted by molar-refractivity contribution is 5.94. The Hall–Kier alpha value is -4.37. The molecule has 2 aromatic carbocycles. The van der Waals surface area contributed by atoms with Gasteiger partial charge in [0.25, 0.3) is 11.7 Å². The Morgan fingerprint density at radius 3 is 2.19 bits per heavy atom. The van der Waals surface area contributed by atoms with Crippen molar-refractivity contribution >= 4 is 29.7 Å². The van der Waals surface area contributed by atoms with Gasteiger partial charge < -0.3 is 45.9 Å². The molecule has 0 spiro atoms. The number of nitrogens with one attached hydrogen (secondary N) is 3. The van der Waals surface area contributed by atoms with Crippen LogP contribution in [0.3, 0.4) is 0 Å². The van der Waals surface area contributed by atoms with Crippen molar-refractivity contribution in [3.63, 3.8) is 0 Å². The summed E-state index contributed by atoms with van der Waals surface area (Å²) in [6, 6.07) is 14.0. The number of aliphatic hydroxyl groups is 2. The maximum atomic E-state index is 12.9. The Morgan fingerprint density at radius 2 is 1.60 bits per heavy atom. The van der Waals surface area contributed by atoms with Crippen molar-refractivity contribution in [2.75, 3.05) is 13.2 Å². The van der Waals surface area contributed by atoms with Crippen LogP contribution in [0.25, 0.3) is 11.1 Å². The number of carbonyl (C=O) groups is 5. The molecule has 0 unspecified atom stereocenters. The standard InChI is InChI=1S/C33H43N3O11/c1-3-26(39)36-24-18-33(32(44)45,46-17-9-5-8-12-27(40)41)47-30(28(24)35-20(2)37)29(42)25(38)19-34-31(43)23-15-13-22(14-16-23)21-10-6-4-7-11-21/h4,6-7,10-11,13-16,24-25,28-30,38,42H,3,5,8-9,12,17-19H2,1-2H3,(H,34,43)(H,35,37)(H,36,39)(H,40,41)(H,44,45)/t24-,25+,28+,29+,30+,33+/m0/s1. The molecule has 1 fully saturated rings. The van der Waals surface area contributed by atoms with Crippen molar-refractivity contribution < 1.29 is 53.9 Å². The molecular weight excluding hydrogens is 614 g/mol. The number of aliphatic hydroxyl groups excluding tert-OH is 2. The van der Waals surface area contributed by atoms with Gasteiger partial charge in [0.15, 0.2) is 0 Å². The number of hydrogen-bond acceptors (Lipinski definition) is 9. The maximum Gasteiger partial charge on any atom is 0.364 e. The molecule has 1 saturated heterocycles. The first-order chi connectivity index (χ1) is 22.4. The van der Waals surface area contributed by atoms with Crippen molar-refractivity contribution in [3.05, 3.63) is 60.2 Å². The summed E-state index contributed by atoms with van der Waals surface area (Å²) < 4.78 is 11.6. The van der Waals surface area contributed by atoms with Gasteiger partial charge in [-0.2, -0.15) is 0 Å². The minimum Gasteiger partial charge on any atom is -0.481 e. The highest BCUT2D eigenvalue weighted by atomic mass is 16.7. The van der Waals surface area contributed by atoms with E-state index >= 15 is 0 Å². The highest BCUT2D eigenvalue weighted by Gasteiger charge is 2.56. The van der Waals surface area contributed by atoms with Gasteiger partial charge in [0.2, 0.25) is 11.8 Å². The second kappa shape index (κ2) is 17.5. The van der Waals surface area contributed by atoms with E-state index in [9.17, 15) is 39.3 Å². The lowest BCUT2D eigenvalue weighted by molar-refractivity contribution is -0.300. The largest absolute Gasteiger partial charge is 0.481 e. The van der Waals surface area contributed by atoms with Gasteiger partial charge >= 0.3 is 11.9 Å². The fourth-order valence-corrected chi connectivity index (χ4v) is 5.30. The van der Waals surface area contributed by atoms with E-state index in [1.165, 1.54) is 6.92 Å². The third-order valence-electron chi connectivity index (χ3n) is 7.79. The monoisotopic (exact) mass is 657 g/mol. The molecule has 14 heteroatoms. The normalized spacial score (nSPS) is 22.0. The molecule has 0 aliphatic carbocycles. The van der Waals surface area contributed by atoms with E-state index in [-0.39, 0.29) is 19.4 Å². The Labute approximate surface area is 272 Å². The van der Waals surface area contributed by atoms with Crippen LogP contribution in [0.15, 0.2) is 54.6 Å². The summed E-state index contributed by atoms with van der Waals surface area (Å²) in [5.74, 6) is -6.52. The average molecular weight is 658 g/mol. The third kappa shape index (κ3) is 10.6. The minimum absolute atomic E-state index is 0.0306. The topological polar surface area (TPSA) is 221 Å². The van der Waals surface area contributed by atoms with Crippen LogP contribution in [0.4, 0.5) is 0 Å². The second-order valence-corrected chi connectivity index (χ2v) is 11.4. The molecular formula is C33H43N3O11. The first kappa shape index (κ1) is 37.1. The number of ether oxygens (including phenoxy) is 2. The van der Waals surface area contributed by atoms with E-state index in [2.05, 4.69) is 16.0 Å². The molecule has 1 heterocycles. The quantitative estimate of drug-likeness (QED) is 0.121. The molecule has 0 saturated carbocycles. The van der Waals surface area contributed by atoms with Crippen LogP contribution >= 0.6 is 0 Å². The molecule has 256 valence electrons. The van der Waals surface area contributed by atoms with Crippen LogP contribution in [0.1, 0.15) is 62.7 Å². The third-order valence-corrected chi connectivity index (χ3v) is 7.79. The molecule has 0 radical (unpaired) electrons. The van der Waals surface area contributed by atoms with Crippen LogP contribution < -0.4 is 16.0 Å². The summed E-state index contributed by atoms with van der Waals surface area (Å²) in [5, 5.41) is 49.1. The Morgan fingerprint density at radius 1 is 0.936 bits per heavy atom. The lowest BCUT2D eigenvalue weighted by atomic mass is 9.86. The van der Waals surface area contributed by atoms with Crippen molar-refractivity contribution in [1.29, 1.82) is 0 Å². The summed E-state index contributed by atoms with van der Waals surface area (Å²) in [6.07, 6.45) is -4.62. The van der Waals surface area contributed by atoms with Crippen LogP contribution in [0.5, 0.6) is 0 Å². The molecule has 0 bridgehead atoms. The molecule has 0 aromatic heterocycles. The number of hydrogen-bond donors (Lipinski definition) is 7. The van der Waals surface area contributed by atoms with E-state index < -0.39 is 78.8 Å². The number of carboxylic acid groups (broad SMARTS) is 2. The van der Waals surface area contributed by atoms with E-state index in [0.29, 0.717) is 24.8 Å². The van der Waals surface area contributed by atoms with Crippen molar-refractivity contribution in [2.45, 2.75) is 88.6 Å². The lowest BCUT2D eigenvalue weighted by Crippen LogP contribution is -2.71. The SMILES string of the molecule is CCC(=O)N[C@H]1C[C@](OCCCCCC(=O)O)(C(=O)O)O[C@@H]([C@H](O)[C@H](O)CNC(=O)c2ccc(-c3ccccc3)cc2)[C@@H]1NC(C)=O. The first-order valence-corrected chi connectivity index (χ1v) is 15.5. The maximum absolute atomic E-state index is 12.9. The summed E-state index contributed by atoms with van der Waals surface area (Å²) in [5.41, 5.74) is 2.15. The molecule has 7 N–H and O–H groups in total. The predicted octanol–water partition coefficient (Wildman–Crippen LogP) is 1.44. The zero-order chi connectivity index (χ0) is 34.6. The first-order valence-electron chi connectivity index (χ1n) is 15.5. The van der Waals surface area contributed by atoms with Gasteiger partial charge in [-0.05, 0) is 36.1 Å². The number of amides is 3. The van der Waals surface area contributed by atoms with Crippen molar-refractivity contribution in [3.8, 4) is 11.1 Å². The fraction of sp³-hybridized carbons (Fsp3) is 0.485. The zero-order valence-electron chi connectivity index (χ0n) is 26.4. The summed E-state index contributed by atoms with van der Waals surface area (Å²) in [6.45, 7) is 2.14. The molecule has 1 aliphatic heterocycles. The van der Waals surface area contributed by atoms with Crippen LogP contribution in [-0.2, 0) is 28.7 Å². The molecule has 3 rings (SSSR count). The Balaban J connectivity index is 1.78. The lowest BCUT2D eigenvalue weighted by Gasteiger charge is -2.48. The molecule has 2 aromatic rings. The predicted molar refractivity (Wildman–Crippen MR) is 168 cm³/mol. The summed E-state index contributed by atoms with van der Waals surface area (Å²) in [4.78, 5) is 60.9. The smallest absolute Gasteiger partial charge is 0.364 e. The van der Waals surface area contributed by atoms with E-state index in [1.54, 1.807) is 31.2 Å². The molecule has 1 aliphatic rings. The van der Waals surface area contributed by atoms with E-state index in [0.717, 1.165) is 11.1 Å². The van der Waals surface area contributed by atoms with Gasteiger partial charge in [-0.25, -0.2) is 4.79 Å². The highest BCUT2D eigenvalue weighted by Crippen LogP contribution is 2.34. The van der Waals surface area contributed by atoms with Crippen LogP contribution in [0.2, 0.25) is 0 Å². The van der Waals surface area contributed by atoms with Crippen LogP contribution in [-0.4, -0.2) is 99.4 Å². The van der Waals surface area contributed by atoms with Crippen molar-refractivity contribution in [1.82, 2.24) is 16.0 Å². The molecule has 47 heavy (non-hydrogen) atoms. The summed E-state index contributed by atoms with van der Waals surface area (Å²) >= 11 is 0. The van der Waals surface area contributed by atoms with Gasteiger partial charge in [0.1, 0.15) is 12.2 Å². The number of unbranched alkanes of at least 4 members (excludes halogenated alkanes) is 2. The number of carboxylic acids is 2. The minimum atomic E-state index is -2.40. The van der Waals surface area contributed by atoms with Gasteiger partial charge in [0.05, 0.1) is 24.8 Å². The van der Waals surface area contributed by atoms with Gasteiger partial charge in [0, 0.05) is 38.3 Å². The van der Waals surface area contributed by atoms with Crippen molar-refractivity contribution in [2.24, 2.45) is 0 Å². The Kier molecular flexibility index (Phi) is 13.8. The Bertz CT molecular complexity index is 1370. The van der Waals surface area contributed by atoms with Gasteiger partial charge in [-0.15, -0.1) is 0 Å². The fourth-order valence-electron chi connectivity index (χ4n) is 5.30. The average Bonchev–Trinajstić information content (AvgIpc) is 3.05. The zero-order valence-corrected chi connectivity index (χ0v) is 26.4. The summed E-state index contributed by atoms with van der Waals surface area (Å²) in [7, 11) is 0. The molecule has 6 atom stereocenters. The number of rotatable bonds is 17. The molecule has 14 nitrogen and oxygen atoms in total. The second-order valence-electron chi connectivity index (χ2n) is 11.4.